The van der Waals surface area contributed by atoms with Gasteiger partial charge in [-0.1, -0.05) is 6.07 Å². The number of nitrogens with one attached hydrogen (secondary N) is 1. The molecule has 1 atom stereocenters. The van der Waals surface area contributed by atoms with E-state index in [4.69, 9.17) is 0 Å². The van der Waals surface area contributed by atoms with Gasteiger partial charge in [0.05, 0.1) is 4.90 Å². The number of piperidine rings is 1. The number of carbonyl (C=O) groups is 2. The minimum atomic E-state index is -3.43. The number of amides is 1. The number of benzene rings is 1. The highest BCUT2D eigenvalue weighted by Gasteiger charge is 2.49. The van der Waals surface area contributed by atoms with E-state index in [9.17, 15) is 23.1 Å². The Balaban J connectivity index is 1.91. The summed E-state index contributed by atoms with van der Waals surface area (Å²) < 4.78 is 23.4. The lowest BCUT2D eigenvalue weighted by molar-refractivity contribution is -0.141. The number of hydrogen-bond donors (Lipinski definition) is 2. The van der Waals surface area contributed by atoms with E-state index < -0.39 is 27.8 Å². The molecule has 0 aromatic heterocycles. The molecule has 1 aromatic rings. The quantitative estimate of drug-likeness (QED) is 0.818. The van der Waals surface area contributed by atoms with Crippen molar-refractivity contribution in [2.24, 2.45) is 5.41 Å². The Hall–Kier alpha value is -1.93. The van der Waals surface area contributed by atoms with Crippen molar-refractivity contribution in [3.8, 4) is 0 Å². The predicted octanol–water partition coefficient (Wildman–Crippen LogP) is 0.759. The lowest BCUT2D eigenvalue weighted by Gasteiger charge is -2.33. The second-order valence-electron chi connectivity index (χ2n) is 7.04. The number of nitrogens with zero attached hydrogens (tertiary/aromatic N) is 1. The summed E-state index contributed by atoms with van der Waals surface area (Å²) in [5.74, 6) is -1.43. The van der Waals surface area contributed by atoms with Crippen molar-refractivity contribution in [1.29, 1.82) is 0 Å². The summed E-state index contributed by atoms with van der Waals surface area (Å²) in [6.07, 6.45) is 3.20. The van der Waals surface area contributed by atoms with Crippen LogP contribution in [0.15, 0.2) is 29.2 Å². The van der Waals surface area contributed by atoms with E-state index in [2.05, 4.69) is 5.32 Å². The molecule has 136 valence electrons. The van der Waals surface area contributed by atoms with Crippen LogP contribution in [-0.2, 0) is 14.6 Å². The lowest BCUT2D eigenvalue weighted by Crippen LogP contribution is -2.42. The first kappa shape index (κ1) is 17.9. The molecule has 0 aliphatic carbocycles. The van der Waals surface area contributed by atoms with Crippen LogP contribution in [0.5, 0.6) is 0 Å². The van der Waals surface area contributed by atoms with E-state index in [1.165, 1.54) is 29.2 Å². The molecule has 2 aliphatic rings. The molecule has 1 spiro atoms. The van der Waals surface area contributed by atoms with Gasteiger partial charge in [-0.25, -0.2) is 13.2 Å². The molecular weight excluding hydrogens is 344 g/mol. The van der Waals surface area contributed by atoms with Crippen molar-refractivity contribution in [3.63, 3.8) is 0 Å². The van der Waals surface area contributed by atoms with Crippen LogP contribution in [-0.4, -0.2) is 62.2 Å². The van der Waals surface area contributed by atoms with Crippen molar-refractivity contribution in [1.82, 2.24) is 10.2 Å². The van der Waals surface area contributed by atoms with Crippen LogP contribution in [0.25, 0.3) is 0 Å². The van der Waals surface area contributed by atoms with Gasteiger partial charge in [-0.2, -0.15) is 0 Å². The fraction of sp³-hybridized carbons (Fsp3) is 0.529. The van der Waals surface area contributed by atoms with Gasteiger partial charge in [0.1, 0.15) is 6.04 Å². The number of aliphatic carboxylic acids is 1. The largest absolute Gasteiger partial charge is 0.480 e. The van der Waals surface area contributed by atoms with Crippen molar-refractivity contribution < 1.29 is 23.1 Å². The van der Waals surface area contributed by atoms with Gasteiger partial charge in [-0.3, -0.25) is 4.79 Å². The monoisotopic (exact) mass is 366 g/mol. The van der Waals surface area contributed by atoms with Crippen molar-refractivity contribution >= 4 is 21.7 Å². The topological polar surface area (TPSA) is 104 Å². The maximum Gasteiger partial charge on any atom is 0.326 e. The standard InChI is InChI=1S/C17H22N2O5S/c1-25(23,24)13-4-2-3-12(9-13)15(20)19-11-17(5-7-18-8-6-17)10-14(19)16(21)22/h2-4,9,14,18H,5-8,10-11H2,1H3,(H,21,22)/t14-/m1/s1. The number of carboxylic acids is 1. The molecule has 0 saturated carbocycles. The highest BCUT2D eigenvalue weighted by Crippen LogP contribution is 2.42. The molecule has 0 radical (unpaired) electrons. The maximum atomic E-state index is 12.9. The zero-order chi connectivity index (χ0) is 18.2. The molecule has 0 bridgehead atoms. The molecule has 2 saturated heterocycles. The van der Waals surface area contributed by atoms with Crippen LogP contribution in [0.4, 0.5) is 0 Å². The molecule has 2 N–H and O–H groups in total. The minimum Gasteiger partial charge on any atom is -0.480 e. The summed E-state index contributed by atoms with van der Waals surface area (Å²) in [4.78, 5) is 26.1. The summed E-state index contributed by atoms with van der Waals surface area (Å²) in [7, 11) is -3.43. The lowest BCUT2D eigenvalue weighted by atomic mass is 9.77. The zero-order valence-corrected chi connectivity index (χ0v) is 14.9. The maximum absolute atomic E-state index is 12.9. The number of carbonyl (C=O) groups excluding carboxylic acids is 1. The van der Waals surface area contributed by atoms with Crippen LogP contribution in [0, 0.1) is 5.41 Å². The predicted molar refractivity (Wildman–Crippen MR) is 91.2 cm³/mol. The van der Waals surface area contributed by atoms with E-state index in [1.807, 2.05) is 0 Å². The Bertz CT molecular complexity index is 799. The normalized spacial score (nSPS) is 22.9. The highest BCUT2D eigenvalue weighted by molar-refractivity contribution is 7.90. The Morgan fingerprint density at radius 2 is 1.96 bits per heavy atom. The fourth-order valence-electron chi connectivity index (χ4n) is 3.84. The van der Waals surface area contributed by atoms with E-state index in [-0.39, 0.29) is 15.9 Å². The van der Waals surface area contributed by atoms with E-state index >= 15 is 0 Å². The van der Waals surface area contributed by atoms with Crippen molar-refractivity contribution in [2.75, 3.05) is 25.9 Å². The molecule has 8 heteroatoms. The molecule has 7 nitrogen and oxygen atoms in total. The number of likely N-dealkylation sites (tertiary alicyclic amines) is 1. The van der Waals surface area contributed by atoms with Crippen molar-refractivity contribution in [2.45, 2.75) is 30.2 Å². The number of sulfone groups is 1. The molecule has 25 heavy (non-hydrogen) atoms. The summed E-state index contributed by atoms with van der Waals surface area (Å²) in [5, 5.41) is 12.8. The summed E-state index contributed by atoms with van der Waals surface area (Å²) in [5.41, 5.74) is 0.0402. The van der Waals surface area contributed by atoms with Crippen LogP contribution in [0.2, 0.25) is 0 Å². The molecule has 1 aromatic carbocycles. The number of rotatable bonds is 3. The van der Waals surface area contributed by atoms with Gasteiger partial charge in [0, 0.05) is 18.4 Å². The average Bonchev–Trinajstić information content (AvgIpc) is 2.93. The number of hydrogen-bond acceptors (Lipinski definition) is 5. The van der Waals surface area contributed by atoms with Gasteiger partial charge in [0.15, 0.2) is 9.84 Å². The SMILES string of the molecule is CS(=O)(=O)c1cccc(C(=O)N2CC3(CCNCC3)C[C@@H]2C(=O)O)c1. The van der Waals surface area contributed by atoms with Gasteiger partial charge >= 0.3 is 5.97 Å². The molecule has 0 unspecified atom stereocenters. The summed E-state index contributed by atoms with van der Waals surface area (Å²) in [6, 6.07) is 4.93. The van der Waals surface area contributed by atoms with E-state index in [0.717, 1.165) is 32.2 Å². The van der Waals surface area contributed by atoms with Crippen molar-refractivity contribution in [3.05, 3.63) is 29.8 Å². The number of carboxylic acid groups (broad SMARTS) is 1. The smallest absolute Gasteiger partial charge is 0.326 e. The second-order valence-corrected chi connectivity index (χ2v) is 9.06. The van der Waals surface area contributed by atoms with Crippen LogP contribution < -0.4 is 5.32 Å². The molecule has 1 amide bonds. The van der Waals surface area contributed by atoms with E-state index in [0.29, 0.717) is 13.0 Å². The summed E-state index contributed by atoms with van der Waals surface area (Å²) >= 11 is 0. The molecule has 2 heterocycles. The Kier molecular flexibility index (Phi) is 4.59. The minimum absolute atomic E-state index is 0.0565. The first-order valence-corrected chi connectivity index (χ1v) is 10.2. The van der Waals surface area contributed by atoms with Crippen LogP contribution >= 0.6 is 0 Å². The zero-order valence-electron chi connectivity index (χ0n) is 14.1. The molecule has 2 aliphatic heterocycles. The second kappa shape index (κ2) is 6.42. The Labute approximate surface area is 146 Å². The van der Waals surface area contributed by atoms with Gasteiger partial charge in [0.2, 0.25) is 0 Å². The Morgan fingerprint density at radius 3 is 2.56 bits per heavy atom. The van der Waals surface area contributed by atoms with Gasteiger partial charge < -0.3 is 15.3 Å². The fourth-order valence-corrected chi connectivity index (χ4v) is 4.50. The van der Waals surface area contributed by atoms with Gasteiger partial charge in [-0.05, 0) is 56.0 Å². The van der Waals surface area contributed by atoms with Crippen LogP contribution in [0.1, 0.15) is 29.6 Å². The molecule has 2 fully saturated rings. The summed E-state index contributed by atoms with van der Waals surface area (Å²) in [6.45, 7) is 2.03. The molecular formula is C17H22N2O5S. The molecule has 3 rings (SSSR count). The Morgan fingerprint density at radius 1 is 1.28 bits per heavy atom. The first-order valence-electron chi connectivity index (χ1n) is 8.27. The average molecular weight is 366 g/mol. The van der Waals surface area contributed by atoms with E-state index in [1.54, 1.807) is 0 Å². The third-order valence-electron chi connectivity index (χ3n) is 5.23. The highest BCUT2D eigenvalue weighted by atomic mass is 32.2. The first-order chi connectivity index (χ1) is 11.7. The van der Waals surface area contributed by atoms with Gasteiger partial charge in [0.25, 0.3) is 5.91 Å². The van der Waals surface area contributed by atoms with Crippen LogP contribution in [0.3, 0.4) is 0 Å². The third kappa shape index (κ3) is 3.55. The third-order valence-corrected chi connectivity index (χ3v) is 6.34. The van der Waals surface area contributed by atoms with Gasteiger partial charge in [-0.15, -0.1) is 0 Å².